The Morgan fingerprint density at radius 2 is 1.95 bits per heavy atom. The molecule has 1 aromatic rings. The van der Waals surface area contributed by atoms with Crippen LogP contribution in [0.25, 0.3) is 0 Å². The fraction of sp³-hybridized carbons (Fsp3) is 0.625. The van der Waals surface area contributed by atoms with E-state index >= 15 is 0 Å². The SMILES string of the molecule is CNC(CSC1CCCCC1)Cc1ccc(F)c(F)c1. The molecule has 0 aliphatic heterocycles. The molecule has 1 N–H and O–H groups in total. The fourth-order valence-corrected chi connectivity index (χ4v) is 4.14. The minimum atomic E-state index is -0.772. The van der Waals surface area contributed by atoms with Crippen molar-refractivity contribution in [2.75, 3.05) is 12.8 Å². The van der Waals surface area contributed by atoms with Crippen LogP contribution in [0, 0.1) is 11.6 Å². The zero-order valence-electron chi connectivity index (χ0n) is 12.0. The molecule has 0 heterocycles. The van der Waals surface area contributed by atoms with Crippen LogP contribution in [0.2, 0.25) is 0 Å². The Kier molecular flexibility index (Phi) is 6.30. The zero-order chi connectivity index (χ0) is 14.4. The summed E-state index contributed by atoms with van der Waals surface area (Å²) in [6.07, 6.45) is 7.48. The Morgan fingerprint density at radius 3 is 2.60 bits per heavy atom. The molecule has 0 amide bonds. The van der Waals surface area contributed by atoms with E-state index in [9.17, 15) is 8.78 Å². The van der Waals surface area contributed by atoms with Crippen molar-refractivity contribution in [2.24, 2.45) is 0 Å². The zero-order valence-corrected chi connectivity index (χ0v) is 12.8. The smallest absolute Gasteiger partial charge is 0.159 e. The maximum atomic E-state index is 13.2. The van der Waals surface area contributed by atoms with Gasteiger partial charge in [-0.25, -0.2) is 8.78 Å². The van der Waals surface area contributed by atoms with E-state index in [1.165, 1.54) is 44.2 Å². The Labute approximate surface area is 124 Å². The Bertz CT molecular complexity index is 419. The van der Waals surface area contributed by atoms with Crippen molar-refractivity contribution >= 4 is 11.8 Å². The standard InChI is InChI=1S/C16H23F2NS/c1-19-13(11-20-14-5-3-2-4-6-14)9-12-7-8-15(17)16(18)10-12/h7-8,10,13-14,19H,2-6,9,11H2,1H3. The van der Waals surface area contributed by atoms with Crippen LogP contribution in [-0.2, 0) is 6.42 Å². The van der Waals surface area contributed by atoms with Crippen molar-refractivity contribution < 1.29 is 8.78 Å². The van der Waals surface area contributed by atoms with Gasteiger partial charge < -0.3 is 5.32 Å². The summed E-state index contributed by atoms with van der Waals surface area (Å²) in [5.41, 5.74) is 0.854. The topological polar surface area (TPSA) is 12.0 Å². The predicted octanol–water partition coefficient (Wildman–Crippen LogP) is 4.16. The van der Waals surface area contributed by atoms with Crippen LogP contribution in [0.4, 0.5) is 8.78 Å². The number of halogens is 2. The molecular weight excluding hydrogens is 276 g/mol. The summed E-state index contributed by atoms with van der Waals surface area (Å²) in [7, 11) is 1.94. The average molecular weight is 299 g/mol. The lowest BCUT2D eigenvalue weighted by Gasteiger charge is -2.24. The lowest BCUT2D eigenvalue weighted by atomic mass is 10.0. The summed E-state index contributed by atoms with van der Waals surface area (Å²) < 4.78 is 26.1. The summed E-state index contributed by atoms with van der Waals surface area (Å²) >= 11 is 2.03. The molecule has 112 valence electrons. The van der Waals surface area contributed by atoms with Crippen molar-refractivity contribution in [3.8, 4) is 0 Å². The lowest BCUT2D eigenvalue weighted by Crippen LogP contribution is -2.31. The van der Waals surface area contributed by atoms with E-state index < -0.39 is 11.6 Å². The molecule has 1 atom stereocenters. The molecule has 1 aromatic carbocycles. The van der Waals surface area contributed by atoms with Gasteiger partial charge in [0.1, 0.15) is 0 Å². The van der Waals surface area contributed by atoms with Crippen molar-refractivity contribution in [2.45, 2.75) is 49.8 Å². The number of rotatable bonds is 6. The quantitative estimate of drug-likeness (QED) is 0.846. The lowest BCUT2D eigenvalue weighted by molar-refractivity contribution is 0.504. The molecule has 1 fully saturated rings. The van der Waals surface area contributed by atoms with Gasteiger partial charge in [-0.3, -0.25) is 0 Å². The van der Waals surface area contributed by atoms with E-state index in [-0.39, 0.29) is 0 Å². The van der Waals surface area contributed by atoms with Gasteiger partial charge in [-0.1, -0.05) is 25.3 Å². The molecule has 1 nitrogen and oxygen atoms in total. The van der Waals surface area contributed by atoms with E-state index in [2.05, 4.69) is 5.32 Å². The number of likely N-dealkylation sites (N-methyl/N-ethyl adjacent to an activating group) is 1. The molecule has 1 aliphatic rings. The molecule has 0 radical (unpaired) electrons. The maximum absolute atomic E-state index is 13.2. The first-order valence-electron chi connectivity index (χ1n) is 7.42. The second kappa shape index (κ2) is 7.99. The van der Waals surface area contributed by atoms with Crippen LogP contribution in [0.5, 0.6) is 0 Å². The highest BCUT2D eigenvalue weighted by molar-refractivity contribution is 7.99. The van der Waals surface area contributed by atoms with E-state index in [0.29, 0.717) is 6.04 Å². The third-order valence-electron chi connectivity index (χ3n) is 3.96. The highest BCUT2D eigenvalue weighted by Gasteiger charge is 2.16. The first kappa shape index (κ1) is 15.8. The van der Waals surface area contributed by atoms with E-state index in [4.69, 9.17) is 0 Å². The highest BCUT2D eigenvalue weighted by atomic mass is 32.2. The predicted molar refractivity (Wildman–Crippen MR) is 82.2 cm³/mol. The third-order valence-corrected chi connectivity index (χ3v) is 5.50. The van der Waals surface area contributed by atoms with Crippen LogP contribution in [0.1, 0.15) is 37.7 Å². The molecule has 4 heteroatoms. The molecule has 0 bridgehead atoms. The summed E-state index contributed by atoms with van der Waals surface area (Å²) in [6.45, 7) is 0. The van der Waals surface area contributed by atoms with Gasteiger partial charge in [0.2, 0.25) is 0 Å². The number of hydrogen-bond acceptors (Lipinski definition) is 2. The van der Waals surface area contributed by atoms with Gasteiger partial charge in [0, 0.05) is 17.0 Å². The Hall–Kier alpha value is -0.610. The normalized spacial score (nSPS) is 18.1. The molecule has 0 spiro atoms. The van der Waals surface area contributed by atoms with Crippen molar-refractivity contribution in [3.63, 3.8) is 0 Å². The van der Waals surface area contributed by atoms with Crippen molar-refractivity contribution in [1.29, 1.82) is 0 Å². The first-order chi connectivity index (χ1) is 9.69. The second-order valence-electron chi connectivity index (χ2n) is 5.53. The summed E-state index contributed by atoms with van der Waals surface area (Å²) in [4.78, 5) is 0. The van der Waals surface area contributed by atoms with Crippen LogP contribution in [0.3, 0.4) is 0 Å². The monoisotopic (exact) mass is 299 g/mol. The molecule has 2 rings (SSSR count). The number of thioether (sulfide) groups is 1. The van der Waals surface area contributed by atoms with Crippen LogP contribution in [0.15, 0.2) is 18.2 Å². The first-order valence-corrected chi connectivity index (χ1v) is 8.46. The van der Waals surface area contributed by atoms with Crippen LogP contribution in [-0.4, -0.2) is 24.1 Å². The summed E-state index contributed by atoms with van der Waals surface area (Å²) in [6, 6.07) is 4.51. The molecule has 1 unspecified atom stereocenters. The fourth-order valence-electron chi connectivity index (χ4n) is 2.68. The van der Waals surface area contributed by atoms with E-state index in [1.54, 1.807) is 6.07 Å². The van der Waals surface area contributed by atoms with Gasteiger partial charge in [-0.15, -0.1) is 0 Å². The van der Waals surface area contributed by atoms with Crippen molar-refractivity contribution in [3.05, 3.63) is 35.4 Å². The van der Waals surface area contributed by atoms with Gasteiger partial charge in [0.25, 0.3) is 0 Å². The van der Waals surface area contributed by atoms with E-state index in [0.717, 1.165) is 23.0 Å². The third kappa shape index (κ3) is 4.74. The minimum Gasteiger partial charge on any atom is -0.316 e. The summed E-state index contributed by atoms with van der Waals surface area (Å²) in [5, 5.41) is 4.07. The van der Waals surface area contributed by atoms with Crippen LogP contribution >= 0.6 is 11.8 Å². The molecule has 20 heavy (non-hydrogen) atoms. The van der Waals surface area contributed by atoms with E-state index in [1.807, 2.05) is 18.8 Å². The van der Waals surface area contributed by atoms with Crippen molar-refractivity contribution in [1.82, 2.24) is 5.32 Å². The maximum Gasteiger partial charge on any atom is 0.159 e. The largest absolute Gasteiger partial charge is 0.316 e. The number of benzene rings is 1. The number of nitrogens with one attached hydrogen (secondary N) is 1. The Balaban J connectivity index is 1.83. The molecular formula is C16H23F2NS. The minimum absolute atomic E-state index is 0.312. The van der Waals surface area contributed by atoms with Gasteiger partial charge >= 0.3 is 0 Å². The summed E-state index contributed by atoms with van der Waals surface area (Å²) in [5.74, 6) is -0.496. The molecule has 1 aliphatic carbocycles. The van der Waals surface area contributed by atoms with Gasteiger partial charge in [-0.05, 0) is 44.0 Å². The van der Waals surface area contributed by atoms with Gasteiger partial charge in [-0.2, -0.15) is 11.8 Å². The highest BCUT2D eigenvalue weighted by Crippen LogP contribution is 2.28. The van der Waals surface area contributed by atoms with Gasteiger partial charge in [0.05, 0.1) is 0 Å². The molecule has 0 aromatic heterocycles. The van der Waals surface area contributed by atoms with Gasteiger partial charge in [0.15, 0.2) is 11.6 Å². The average Bonchev–Trinajstić information content (AvgIpc) is 2.48. The van der Waals surface area contributed by atoms with Crippen LogP contribution < -0.4 is 5.32 Å². The Morgan fingerprint density at radius 1 is 1.20 bits per heavy atom. The second-order valence-corrected chi connectivity index (χ2v) is 6.86. The number of hydrogen-bond donors (Lipinski definition) is 1. The molecule has 0 saturated heterocycles. The molecule has 1 saturated carbocycles.